The van der Waals surface area contributed by atoms with Crippen molar-refractivity contribution in [2.75, 3.05) is 5.32 Å². The molecule has 1 amide bonds. The van der Waals surface area contributed by atoms with Crippen LogP contribution in [-0.4, -0.2) is 22.1 Å². The number of aromatic nitrogens is 1. The van der Waals surface area contributed by atoms with E-state index in [1.54, 1.807) is 0 Å². The molecular formula is C8H8N2O4. The van der Waals surface area contributed by atoms with Crippen LogP contribution in [0.4, 0.5) is 5.82 Å². The van der Waals surface area contributed by atoms with Gasteiger partial charge in [-0.25, -0.2) is 0 Å². The van der Waals surface area contributed by atoms with Gasteiger partial charge in [0.05, 0.1) is 11.8 Å². The molecule has 2 N–H and O–H groups in total. The van der Waals surface area contributed by atoms with E-state index in [9.17, 15) is 9.59 Å². The Morgan fingerprint density at radius 2 is 2.36 bits per heavy atom. The molecule has 1 aliphatic carbocycles. The van der Waals surface area contributed by atoms with Gasteiger partial charge in [0.15, 0.2) is 5.82 Å². The van der Waals surface area contributed by atoms with E-state index >= 15 is 0 Å². The van der Waals surface area contributed by atoms with Gasteiger partial charge in [-0.05, 0) is 6.42 Å². The minimum atomic E-state index is -0.926. The molecule has 74 valence electrons. The molecule has 1 fully saturated rings. The van der Waals surface area contributed by atoms with Crippen LogP contribution in [0.2, 0.25) is 0 Å². The van der Waals surface area contributed by atoms with Crippen molar-refractivity contribution in [2.24, 2.45) is 11.8 Å². The van der Waals surface area contributed by atoms with Crippen molar-refractivity contribution in [3.63, 3.8) is 0 Å². The highest BCUT2D eigenvalue weighted by Gasteiger charge is 2.48. The summed E-state index contributed by atoms with van der Waals surface area (Å²) in [7, 11) is 0. The summed E-state index contributed by atoms with van der Waals surface area (Å²) in [4.78, 5) is 21.8. The van der Waals surface area contributed by atoms with Crippen LogP contribution < -0.4 is 5.32 Å². The molecule has 0 spiro atoms. The summed E-state index contributed by atoms with van der Waals surface area (Å²) in [5, 5.41) is 14.5. The van der Waals surface area contributed by atoms with Gasteiger partial charge in [-0.2, -0.15) is 0 Å². The van der Waals surface area contributed by atoms with Crippen molar-refractivity contribution in [1.82, 2.24) is 5.16 Å². The summed E-state index contributed by atoms with van der Waals surface area (Å²) < 4.78 is 4.51. The van der Waals surface area contributed by atoms with Gasteiger partial charge in [0.1, 0.15) is 6.26 Å². The molecule has 0 aliphatic heterocycles. The van der Waals surface area contributed by atoms with Crippen LogP contribution in [0.25, 0.3) is 0 Å². The molecule has 1 aromatic rings. The van der Waals surface area contributed by atoms with Crippen LogP contribution in [0.15, 0.2) is 16.9 Å². The van der Waals surface area contributed by atoms with Crippen LogP contribution >= 0.6 is 0 Å². The number of aliphatic carboxylic acids is 1. The lowest BCUT2D eigenvalue weighted by atomic mass is 10.3. The number of rotatable bonds is 3. The number of carboxylic acids is 1. The predicted molar refractivity (Wildman–Crippen MR) is 44.4 cm³/mol. The zero-order chi connectivity index (χ0) is 10.1. The summed E-state index contributed by atoms with van der Waals surface area (Å²) in [6.07, 6.45) is 1.73. The highest BCUT2D eigenvalue weighted by atomic mass is 16.5. The van der Waals surface area contributed by atoms with Crippen LogP contribution in [0.5, 0.6) is 0 Å². The van der Waals surface area contributed by atoms with Gasteiger partial charge in [-0.3, -0.25) is 9.59 Å². The molecule has 0 bridgehead atoms. The third kappa shape index (κ3) is 1.59. The number of carbonyl (C=O) groups excluding carboxylic acids is 1. The average Bonchev–Trinajstić information content (AvgIpc) is 2.80. The summed E-state index contributed by atoms with van der Waals surface area (Å²) in [6.45, 7) is 0. The molecule has 0 unspecified atom stereocenters. The first kappa shape index (κ1) is 8.74. The predicted octanol–water partition coefficient (Wildman–Crippen LogP) is 0.334. The topological polar surface area (TPSA) is 92.4 Å². The third-order valence-electron chi connectivity index (χ3n) is 2.13. The number of hydrogen-bond donors (Lipinski definition) is 2. The molecule has 1 aromatic heterocycles. The maximum atomic E-state index is 11.3. The molecule has 6 nitrogen and oxygen atoms in total. The van der Waals surface area contributed by atoms with Gasteiger partial charge in [0, 0.05) is 6.07 Å². The van der Waals surface area contributed by atoms with Gasteiger partial charge in [-0.1, -0.05) is 5.16 Å². The van der Waals surface area contributed by atoms with Gasteiger partial charge in [0.2, 0.25) is 5.91 Å². The van der Waals surface area contributed by atoms with Crippen molar-refractivity contribution in [3.8, 4) is 0 Å². The van der Waals surface area contributed by atoms with E-state index in [2.05, 4.69) is 15.0 Å². The van der Waals surface area contributed by atoms with Crippen molar-refractivity contribution in [3.05, 3.63) is 12.3 Å². The SMILES string of the molecule is O=C(O)[C@H]1C[C@H]1C(=O)Nc1ccon1. The van der Waals surface area contributed by atoms with E-state index in [1.807, 2.05) is 0 Å². The highest BCUT2D eigenvalue weighted by molar-refractivity contribution is 5.97. The van der Waals surface area contributed by atoms with E-state index in [-0.39, 0.29) is 5.91 Å². The maximum Gasteiger partial charge on any atom is 0.307 e. The first-order valence-corrected chi connectivity index (χ1v) is 4.12. The zero-order valence-electron chi connectivity index (χ0n) is 7.14. The molecule has 0 aromatic carbocycles. The van der Waals surface area contributed by atoms with E-state index in [0.29, 0.717) is 12.2 Å². The van der Waals surface area contributed by atoms with Gasteiger partial charge in [-0.15, -0.1) is 0 Å². The van der Waals surface area contributed by atoms with Crippen molar-refractivity contribution >= 4 is 17.7 Å². The number of carbonyl (C=O) groups is 2. The molecule has 2 atom stereocenters. The first-order chi connectivity index (χ1) is 6.68. The standard InChI is InChI=1S/C8H8N2O4/c11-7(4-3-5(4)8(12)13)9-6-1-2-14-10-6/h1-2,4-5H,3H2,(H,12,13)(H,9,10,11)/t4-,5+/m1/s1. The number of nitrogens with one attached hydrogen (secondary N) is 1. The molecule has 0 radical (unpaired) electrons. The number of hydrogen-bond acceptors (Lipinski definition) is 4. The van der Waals surface area contributed by atoms with Crippen molar-refractivity contribution in [2.45, 2.75) is 6.42 Å². The summed E-state index contributed by atoms with van der Waals surface area (Å²) in [5.74, 6) is -1.89. The fourth-order valence-corrected chi connectivity index (χ4v) is 1.25. The molecule has 2 rings (SSSR count). The van der Waals surface area contributed by atoms with Gasteiger partial charge >= 0.3 is 5.97 Å². The Hall–Kier alpha value is -1.85. The Labute approximate surface area is 78.9 Å². The molecule has 1 heterocycles. The minimum Gasteiger partial charge on any atom is -0.481 e. The Balaban J connectivity index is 1.90. The van der Waals surface area contributed by atoms with Gasteiger partial charge < -0.3 is 14.9 Å². The third-order valence-corrected chi connectivity index (χ3v) is 2.13. The fraction of sp³-hybridized carbons (Fsp3) is 0.375. The maximum absolute atomic E-state index is 11.3. The second-order valence-electron chi connectivity index (χ2n) is 3.16. The van der Waals surface area contributed by atoms with Crippen LogP contribution in [0, 0.1) is 11.8 Å². The quantitative estimate of drug-likeness (QED) is 0.726. The fourth-order valence-electron chi connectivity index (χ4n) is 1.25. The normalized spacial score (nSPS) is 24.3. The average molecular weight is 196 g/mol. The Bertz CT molecular complexity index is 359. The van der Waals surface area contributed by atoms with Crippen LogP contribution in [0.3, 0.4) is 0 Å². The number of carboxylic acid groups (broad SMARTS) is 1. The van der Waals surface area contributed by atoms with Crippen LogP contribution in [0.1, 0.15) is 6.42 Å². The lowest BCUT2D eigenvalue weighted by Crippen LogP contribution is -2.16. The molecule has 1 saturated carbocycles. The second kappa shape index (κ2) is 3.13. The Morgan fingerprint density at radius 1 is 1.57 bits per heavy atom. The largest absolute Gasteiger partial charge is 0.481 e. The monoisotopic (exact) mass is 196 g/mol. The van der Waals surface area contributed by atoms with Gasteiger partial charge in [0.25, 0.3) is 0 Å². The number of amides is 1. The lowest BCUT2D eigenvalue weighted by molar-refractivity contribution is -0.139. The van der Waals surface area contributed by atoms with Crippen molar-refractivity contribution in [1.29, 1.82) is 0 Å². The lowest BCUT2D eigenvalue weighted by Gasteiger charge is -1.97. The number of anilines is 1. The summed E-state index contributed by atoms with van der Waals surface area (Å²) in [5.41, 5.74) is 0. The number of nitrogens with zero attached hydrogens (tertiary/aromatic N) is 1. The molecule has 6 heteroatoms. The Morgan fingerprint density at radius 3 is 2.86 bits per heavy atom. The van der Waals surface area contributed by atoms with E-state index in [0.717, 1.165) is 0 Å². The van der Waals surface area contributed by atoms with E-state index in [4.69, 9.17) is 5.11 Å². The molecule has 14 heavy (non-hydrogen) atoms. The molecule has 0 saturated heterocycles. The highest BCUT2D eigenvalue weighted by Crippen LogP contribution is 2.39. The van der Waals surface area contributed by atoms with E-state index in [1.165, 1.54) is 12.3 Å². The minimum absolute atomic E-state index is 0.311. The Kier molecular flexibility index (Phi) is 1.95. The zero-order valence-corrected chi connectivity index (χ0v) is 7.14. The second-order valence-corrected chi connectivity index (χ2v) is 3.16. The molecule has 1 aliphatic rings. The molecular weight excluding hydrogens is 188 g/mol. The van der Waals surface area contributed by atoms with E-state index < -0.39 is 17.8 Å². The summed E-state index contributed by atoms with van der Waals surface area (Å²) in [6, 6.07) is 1.50. The van der Waals surface area contributed by atoms with Crippen molar-refractivity contribution < 1.29 is 19.2 Å². The van der Waals surface area contributed by atoms with Crippen LogP contribution in [-0.2, 0) is 9.59 Å². The smallest absolute Gasteiger partial charge is 0.307 e. The first-order valence-electron chi connectivity index (χ1n) is 4.12. The summed E-state index contributed by atoms with van der Waals surface area (Å²) >= 11 is 0.